The van der Waals surface area contributed by atoms with Crippen molar-refractivity contribution in [1.82, 2.24) is 9.88 Å². The number of nitrogens with one attached hydrogen (secondary N) is 1. The lowest BCUT2D eigenvalue weighted by atomic mass is 10.2. The Morgan fingerprint density at radius 1 is 1.42 bits per heavy atom. The molecule has 1 heterocycles. The molecule has 6 nitrogen and oxygen atoms in total. The number of benzene rings is 1. The fourth-order valence-corrected chi connectivity index (χ4v) is 2.82. The van der Waals surface area contributed by atoms with E-state index in [1.165, 1.54) is 24.5 Å². The zero-order chi connectivity index (χ0) is 13.9. The van der Waals surface area contributed by atoms with Crippen LogP contribution in [-0.2, 0) is 16.6 Å². The fraction of sp³-hybridized carbons (Fsp3) is 0.167. The number of sulfonamides is 1. The first-order chi connectivity index (χ1) is 9.03. The van der Waals surface area contributed by atoms with Crippen LogP contribution in [-0.4, -0.2) is 13.6 Å². The minimum Gasteiger partial charge on any atom is -0.364 e. The number of aromatic nitrogens is 1. The summed E-state index contributed by atoms with van der Waals surface area (Å²) in [6.07, 6.45) is 1.37. The predicted molar refractivity (Wildman–Crippen MR) is 66.4 cm³/mol. The molecule has 0 aliphatic heterocycles. The van der Waals surface area contributed by atoms with Gasteiger partial charge in [-0.15, -0.1) is 0 Å². The second kappa shape index (κ2) is 5.22. The molecule has 0 saturated carbocycles. The van der Waals surface area contributed by atoms with Gasteiger partial charge in [-0.05, 0) is 30.7 Å². The van der Waals surface area contributed by atoms with E-state index in [0.717, 1.165) is 0 Å². The maximum absolute atomic E-state index is 12.1. The zero-order valence-corrected chi connectivity index (χ0v) is 10.9. The van der Waals surface area contributed by atoms with Crippen LogP contribution in [0.15, 0.2) is 39.9 Å². The summed E-state index contributed by atoms with van der Waals surface area (Å²) in [5.41, 5.74) is 1.44. The number of hydrogen-bond acceptors (Lipinski definition) is 5. The van der Waals surface area contributed by atoms with E-state index in [2.05, 4.69) is 14.4 Å². The lowest BCUT2D eigenvalue weighted by molar-refractivity contribution is 0.411. The molecule has 1 aromatic heterocycles. The average molecular weight is 277 g/mol. The van der Waals surface area contributed by atoms with Crippen molar-refractivity contribution in [2.24, 2.45) is 0 Å². The Hall–Kier alpha value is -2.17. The molecule has 0 saturated heterocycles. The fourth-order valence-electron chi connectivity index (χ4n) is 1.60. The molecule has 0 fully saturated rings. The molecule has 1 N–H and O–H groups in total. The first kappa shape index (κ1) is 13.3. The molecule has 0 radical (unpaired) electrons. The number of nitriles is 1. The van der Waals surface area contributed by atoms with Crippen molar-refractivity contribution in [1.29, 1.82) is 5.26 Å². The highest BCUT2D eigenvalue weighted by Gasteiger charge is 2.17. The molecule has 0 bridgehead atoms. The van der Waals surface area contributed by atoms with E-state index in [9.17, 15) is 8.42 Å². The topological polar surface area (TPSA) is 96.0 Å². The summed E-state index contributed by atoms with van der Waals surface area (Å²) >= 11 is 0. The third-order valence-electron chi connectivity index (χ3n) is 2.53. The van der Waals surface area contributed by atoms with Crippen molar-refractivity contribution in [3.63, 3.8) is 0 Å². The molecule has 7 heteroatoms. The number of aryl methyl sites for hydroxylation is 1. The van der Waals surface area contributed by atoms with E-state index < -0.39 is 10.0 Å². The number of nitrogens with zero attached hydrogens (tertiary/aromatic N) is 2. The monoisotopic (exact) mass is 277 g/mol. The van der Waals surface area contributed by atoms with Gasteiger partial charge in [0.25, 0.3) is 0 Å². The van der Waals surface area contributed by atoms with E-state index in [0.29, 0.717) is 16.8 Å². The third kappa shape index (κ3) is 2.99. The molecular formula is C12H11N3O3S. The van der Waals surface area contributed by atoms with Crippen molar-refractivity contribution in [3.05, 3.63) is 47.3 Å². The van der Waals surface area contributed by atoms with Gasteiger partial charge in [0.1, 0.15) is 6.26 Å². The molecule has 0 aliphatic carbocycles. The first-order valence-electron chi connectivity index (χ1n) is 5.42. The van der Waals surface area contributed by atoms with Gasteiger partial charge in [0, 0.05) is 6.07 Å². The summed E-state index contributed by atoms with van der Waals surface area (Å²) in [4.78, 5) is 0.148. The molecule has 19 heavy (non-hydrogen) atoms. The highest BCUT2D eigenvalue weighted by atomic mass is 32.2. The maximum Gasteiger partial charge on any atom is 0.241 e. The maximum atomic E-state index is 12.1. The third-order valence-corrected chi connectivity index (χ3v) is 4.09. The second-order valence-corrected chi connectivity index (χ2v) is 5.64. The molecule has 0 unspecified atom stereocenters. The van der Waals surface area contributed by atoms with Gasteiger partial charge in [0.2, 0.25) is 10.0 Å². The predicted octanol–water partition coefficient (Wildman–Crippen LogP) is 1.33. The summed E-state index contributed by atoms with van der Waals surface area (Å²) in [5, 5.41) is 12.4. The number of hydrogen-bond donors (Lipinski definition) is 1. The highest BCUT2D eigenvalue weighted by Crippen LogP contribution is 2.16. The zero-order valence-electron chi connectivity index (χ0n) is 10.1. The van der Waals surface area contributed by atoms with Gasteiger partial charge in [0.05, 0.1) is 28.8 Å². The van der Waals surface area contributed by atoms with E-state index in [4.69, 9.17) is 5.26 Å². The lowest BCUT2D eigenvalue weighted by Crippen LogP contribution is -2.24. The minimum absolute atomic E-state index is 0.0538. The van der Waals surface area contributed by atoms with E-state index in [1.807, 2.05) is 6.07 Å². The van der Waals surface area contributed by atoms with Crippen LogP contribution in [0.4, 0.5) is 0 Å². The second-order valence-electron chi connectivity index (χ2n) is 3.91. The summed E-state index contributed by atoms with van der Waals surface area (Å²) < 4.78 is 31.2. The van der Waals surface area contributed by atoms with Gasteiger partial charge in [-0.1, -0.05) is 5.16 Å². The van der Waals surface area contributed by atoms with Crippen molar-refractivity contribution in [3.8, 4) is 6.07 Å². The normalized spacial score (nSPS) is 11.2. The molecule has 0 aliphatic rings. The van der Waals surface area contributed by atoms with Gasteiger partial charge in [-0.3, -0.25) is 0 Å². The van der Waals surface area contributed by atoms with Crippen LogP contribution in [0.3, 0.4) is 0 Å². The standard InChI is InChI=1S/C12H11N3O3S/c1-9-6-10(7-13)2-3-12(9)19(16,17)14-8-11-4-5-18-15-11/h2-6,14H,8H2,1H3. The van der Waals surface area contributed by atoms with Crippen molar-refractivity contribution in [2.45, 2.75) is 18.4 Å². The van der Waals surface area contributed by atoms with Gasteiger partial charge in [-0.25, -0.2) is 13.1 Å². The molecule has 0 atom stereocenters. The summed E-state index contributed by atoms with van der Waals surface area (Å²) in [6, 6.07) is 7.96. The Kier molecular flexibility index (Phi) is 3.64. The number of rotatable bonds is 4. The van der Waals surface area contributed by atoms with Crippen molar-refractivity contribution < 1.29 is 12.9 Å². The van der Waals surface area contributed by atoms with Crippen LogP contribution in [0, 0.1) is 18.3 Å². The van der Waals surface area contributed by atoms with Crippen LogP contribution in [0.25, 0.3) is 0 Å². The van der Waals surface area contributed by atoms with Gasteiger partial charge in [0.15, 0.2) is 0 Å². The van der Waals surface area contributed by atoms with Gasteiger partial charge in [-0.2, -0.15) is 5.26 Å². The van der Waals surface area contributed by atoms with Crippen LogP contribution in [0.1, 0.15) is 16.8 Å². The molecule has 2 aromatic rings. The molecule has 0 amide bonds. The van der Waals surface area contributed by atoms with E-state index in [-0.39, 0.29) is 11.4 Å². The van der Waals surface area contributed by atoms with Crippen LogP contribution >= 0.6 is 0 Å². The largest absolute Gasteiger partial charge is 0.364 e. The van der Waals surface area contributed by atoms with E-state index >= 15 is 0 Å². The Balaban J connectivity index is 2.22. The lowest BCUT2D eigenvalue weighted by Gasteiger charge is -2.08. The molecule has 1 aromatic carbocycles. The van der Waals surface area contributed by atoms with Crippen LogP contribution < -0.4 is 4.72 Å². The summed E-state index contributed by atoms with van der Waals surface area (Å²) in [7, 11) is -3.63. The summed E-state index contributed by atoms with van der Waals surface area (Å²) in [5.74, 6) is 0. The minimum atomic E-state index is -3.63. The highest BCUT2D eigenvalue weighted by molar-refractivity contribution is 7.89. The quantitative estimate of drug-likeness (QED) is 0.909. The van der Waals surface area contributed by atoms with Crippen molar-refractivity contribution >= 4 is 10.0 Å². The van der Waals surface area contributed by atoms with Gasteiger partial charge < -0.3 is 4.52 Å². The molecule has 2 rings (SSSR count). The van der Waals surface area contributed by atoms with E-state index in [1.54, 1.807) is 13.0 Å². The van der Waals surface area contributed by atoms with Crippen LogP contribution in [0.5, 0.6) is 0 Å². The summed E-state index contributed by atoms with van der Waals surface area (Å²) in [6.45, 7) is 1.70. The Bertz CT molecular complexity index is 715. The SMILES string of the molecule is Cc1cc(C#N)ccc1S(=O)(=O)NCc1ccon1. The Labute approximate surface area is 110 Å². The average Bonchev–Trinajstić information content (AvgIpc) is 2.89. The smallest absolute Gasteiger partial charge is 0.241 e. The van der Waals surface area contributed by atoms with Crippen LogP contribution in [0.2, 0.25) is 0 Å². The molecule has 98 valence electrons. The van der Waals surface area contributed by atoms with Gasteiger partial charge >= 0.3 is 0 Å². The molecule has 0 spiro atoms. The molecular weight excluding hydrogens is 266 g/mol. The van der Waals surface area contributed by atoms with Crippen molar-refractivity contribution in [2.75, 3.05) is 0 Å². The Morgan fingerprint density at radius 2 is 2.21 bits per heavy atom. The Morgan fingerprint density at radius 3 is 2.79 bits per heavy atom. The first-order valence-corrected chi connectivity index (χ1v) is 6.91.